The Labute approximate surface area is 153 Å². The molecule has 0 atom stereocenters. The number of hydrogen-bond donors (Lipinski definition) is 1. The summed E-state index contributed by atoms with van der Waals surface area (Å²) in [6.45, 7) is 8.63. The van der Waals surface area contributed by atoms with Crippen molar-refractivity contribution in [2.24, 2.45) is 0 Å². The Hall–Kier alpha value is -2.42. The molecule has 2 aromatic rings. The number of aromatic amines is 1. The van der Waals surface area contributed by atoms with Crippen LogP contribution in [0.4, 0.5) is 0 Å². The first-order chi connectivity index (χ1) is 12.0. The number of fused-ring (bicyclic) bond motifs is 1. The molecule has 1 N–H and O–H groups in total. The van der Waals surface area contributed by atoms with E-state index in [4.69, 9.17) is 9.47 Å². The molecule has 0 aliphatic carbocycles. The van der Waals surface area contributed by atoms with Gasteiger partial charge in [0.1, 0.15) is 15.3 Å². The normalized spacial score (nSPS) is 11.6. The highest BCUT2D eigenvalue weighted by Crippen LogP contribution is 2.26. The molecule has 0 bridgehead atoms. The molecule has 9 heteroatoms. The summed E-state index contributed by atoms with van der Waals surface area (Å²) in [4.78, 5) is 51.9. The fourth-order valence-corrected chi connectivity index (χ4v) is 3.52. The molecule has 0 saturated heterocycles. The van der Waals surface area contributed by atoms with E-state index < -0.39 is 28.8 Å². The lowest BCUT2D eigenvalue weighted by Crippen LogP contribution is -2.36. The second-order valence-electron chi connectivity index (χ2n) is 6.70. The minimum atomic E-state index is -0.642. The summed E-state index contributed by atoms with van der Waals surface area (Å²) in [5.41, 5.74) is -1.37. The fraction of sp³-hybridized carbons (Fsp3) is 0.529. The average Bonchev–Trinajstić information content (AvgIpc) is 2.82. The van der Waals surface area contributed by atoms with Crippen molar-refractivity contribution in [2.75, 3.05) is 6.61 Å². The standard InChI is InChI=1S/C17H22N2O6S/c1-6-24-15(22)12-9(2)11-13(26-12)18-16(23)19(14(11)21)8-7-10(20)25-17(3,4)5/h6-8H2,1-5H3,(H,18,23). The highest BCUT2D eigenvalue weighted by atomic mass is 32.1. The van der Waals surface area contributed by atoms with Crippen molar-refractivity contribution in [1.29, 1.82) is 0 Å². The quantitative estimate of drug-likeness (QED) is 0.792. The molecule has 0 aliphatic rings. The fourth-order valence-electron chi connectivity index (χ4n) is 2.44. The molecule has 0 aliphatic heterocycles. The van der Waals surface area contributed by atoms with Gasteiger partial charge in [-0.05, 0) is 40.2 Å². The maximum atomic E-state index is 12.7. The Balaban J connectivity index is 2.39. The van der Waals surface area contributed by atoms with Gasteiger partial charge in [-0.3, -0.25) is 19.1 Å². The van der Waals surface area contributed by atoms with Gasteiger partial charge in [0.05, 0.1) is 18.4 Å². The Morgan fingerprint density at radius 2 is 1.88 bits per heavy atom. The van der Waals surface area contributed by atoms with Crippen molar-refractivity contribution in [3.05, 3.63) is 31.3 Å². The number of ether oxygens (including phenoxy) is 2. The van der Waals surface area contributed by atoms with Gasteiger partial charge in [0, 0.05) is 6.54 Å². The number of esters is 2. The predicted molar refractivity (Wildman–Crippen MR) is 97.9 cm³/mol. The van der Waals surface area contributed by atoms with Gasteiger partial charge >= 0.3 is 17.6 Å². The van der Waals surface area contributed by atoms with Crippen LogP contribution in [0.3, 0.4) is 0 Å². The van der Waals surface area contributed by atoms with Crippen LogP contribution in [0, 0.1) is 6.92 Å². The van der Waals surface area contributed by atoms with Gasteiger partial charge in [0.2, 0.25) is 0 Å². The number of H-pyrrole nitrogens is 1. The summed E-state index contributed by atoms with van der Waals surface area (Å²) in [7, 11) is 0. The zero-order valence-corrected chi connectivity index (χ0v) is 16.2. The molecule has 2 rings (SSSR count). The summed E-state index contributed by atoms with van der Waals surface area (Å²) < 4.78 is 11.1. The summed E-state index contributed by atoms with van der Waals surface area (Å²) >= 11 is 1.01. The van der Waals surface area contributed by atoms with Gasteiger partial charge in [-0.1, -0.05) is 0 Å². The monoisotopic (exact) mass is 382 g/mol. The van der Waals surface area contributed by atoms with E-state index in [1.165, 1.54) is 0 Å². The summed E-state index contributed by atoms with van der Waals surface area (Å²) in [6.07, 6.45) is -0.111. The zero-order chi connectivity index (χ0) is 19.6. The number of thiophene rings is 1. The number of rotatable bonds is 5. The Morgan fingerprint density at radius 1 is 1.23 bits per heavy atom. The number of nitrogens with one attached hydrogen (secondary N) is 1. The maximum absolute atomic E-state index is 12.7. The second-order valence-corrected chi connectivity index (χ2v) is 7.72. The molecule has 0 spiro atoms. The van der Waals surface area contributed by atoms with Crippen LogP contribution >= 0.6 is 11.3 Å². The topological polar surface area (TPSA) is 107 Å². The van der Waals surface area contributed by atoms with Crippen molar-refractivity contribution >= 4 is 33.5 Å². The zero-order valence-electron chi connectivity index (χ0n) is 15.4. The van der Waals surface area contributed by atoms with E-state index >= 15 is 0 Å². The molecule has 26 heavy (non-hydrogen) atoms. The SMILES string of the molecule is CCOC(=O)c1sc2[nH]c(=O)n(CCC(=O)OC(C)(C)C)c(=O)c2c1C. The smallest absolute Gasteiger partial charge is 0.348 e. The lowest BCUT2D eigenvalue weighted by Gasteiger charge is -2.19. The van der Waals surface area contributed by atoms with E-state index in [1.807, 2.05) is 0 Å². The first-order valence-electron chi connectivity index (χ1n) is 8.20. The van der Waals surface area contributed by atoms with E-state index in [2.05, 4.69) is 4.98 Å². The first-order valence-corrected chi connectivity index (χ1v) is 9.02. The molecule has 8 nitrogen and oxygen atoms in total. The Bertz CT molecular complexity index is 961. The molecule has 0 fully saturated rings. The average molecular weight is 382 g/mol. The molecule has 0 amide bonds. The minimum absolute atomic E-state index is 0.108. The molecule has 142 valence electrons. The van der Waals surface area contributed by atoms with Gasteiger partial charge in [-0.25, -0.2) is 9.59 Å². The van der Waals surface area contributed by atoms with E-state index in [-0.39, 0.29) is 29.8 Å². The molecule has 0 saturated carbocycles. The number of aromatic nitrogens is 2. The Kier molecular flexibility index (Phi) is 5.70. The van der Waals surface area contributed by atoms with Gasteiger partial charge in [0.25, 0.3) is 5.56 Å². The molecule has 0 unspecified atom stereocenters. The van der Waals surface area contributed by atoms with Gasteiger partial charge in [-0.15, -0.1) is 11.3 Å². The van der Waals surface area contributed by atoms with Crippen LogP contribution in [-0.4, -0.2) is 33.7 Å². The number of hydrogen-bond acceptors (Lipinski definition) is 7. The van der Waals surface area contributed by atoms with Crippen molar-refractivity contribution in [3.63, 3.8) is 0 Å². The minimum Gasteiger partial charge on any atom is -0.462 e. The Morgan fingerprint density at radius 3 is 2.46 bits per heavy atom. The van der Waals surface area contributed by atoms with Crippen LogP contribution in [-0.2, 0) is 20.8 Å². The van der Waals surface area contributed by atoms with E-state index in [1.54, 1.807) is 34.6 Å². The third-order valence-electron chi connectivity index (χ3n) is 3.49. The molecular formula is C17H22N2O6S. The van der Waals surface area contributed by atoms with Crippen LogP contribution < -0.4 is 11.2 Å². The van der Waals surface area contributed by atoms with E-state index in [0.717, 1.165) is 15.9 Å². The van der Waals surface area contributed by atoms with Crippen molar-refractivity contribution in [1.82, 2.24) is 9.55 Å². The molecular weight excluding hydrogens is 360 g/mol. The maximum Gasteiger partial charge on any atom is 0.348 e. The lowest BCUT2D eigenvalue weighted by atomic mass is 10.2. The van der Waals surface area contributed by atoms with Gasteiger partial charge < -0.3 is 9.47 Å². The van der Waals surface area contributed by atoms with Crippen LogP contribution in [0.15, 0.2) is 9.59 Å². The van der Waals surface area contributed by atoms with Crippen LogP contribution in [0.5, 0.6) is 0 Å². The number of carbonyl (C=O) groups is 2. The van der Waals surface area contributed by atoms with E-state index in [0.29, 0.717) is 10.4 Å². The lowest BCUT2D eigenvalue weighted by molar-refractivity contribution is -0.155. The van der Waals surface area contributed by atoms with Crippen LogP contribution in [0.25, 0.3) is 10.2 Å². The van der Waals surface area contributed by atoms with Gasteiger partial charge in [0.15, 0.2) is 0 Å². The number of nitrogens with zero attached hydrogens (tertiary/aromatic N) is 1. The van der Waals surface area contributed by atoms with E-state index in [9.17, 15) is 19.2 Å². The first kappa shape index (κ1) is 19.9. The second kappa shape index (κ2) is 7.45. The number of aryl methyl sites for hydroxylation is 1. The highest BCUT2D eigenvalue weighted by Gasteiger charge is 2.22. The van der Waals surface area contributed by atoms with Crippen LogP contribution in [0.1, 0.15) is 49.4 Å². The van der Waals surface area contributed by atoms with Crippen molar-refractivity contribution in [2.45, 2.75) is 53.2 Å². The van der Waals surface area contributed by atoms with Crippen molar-refractivity contribution < 1.29 is 19.1 Å². The number of carbonyl (C=O) groups excluding carboxylic acids is 2. The van der Waals surface area contributed by atoms with Crippen LogP contribution in [0.2, 0.25) is 0 Å². The van der Waals surface area contributed by atoms with Crippen molar-refractivity contribution in [3.8, 4) is 0 Å². The molecule has 0 radical (unpaired) electrons. The highest BCUT2D eigenvalue weighted by molar-refractivity contribution is 7.20. The van der Waals surface area contributed by atoms with Gasteiger partial charge in [-0.2, -0.15) is 0 Å². The predicted octanol–water partition coefficient (Wildman–Crippen LogP) is 1.97. The molecule has 0 aromatic carbocycles. The largest absolute Gasteiger partial charge is 0.462 e. The summed E-state index contributed by atoms with van der Waals surface area (Å²) in [5.74, 6) is -1.04. The summed E-state index contributed by atoms with van der Waals surface area (Å²) in [6, 6.07) is 0. The third kappa shape index (κ3) is 4.21. The molecule has 2 heterocycles. The summed E-state index contributed by atoms with van der Waals surface area (Å²) in [5, 5.41) is 0.252. The molecule has 2 aromatic heterocycles. The third-order valence-corrected chi connectivity index (χ3v) is 4.68.